The molecule has 3 rings (SSSR count). The number of aliphatic hydroxyl groups excluding tert-OH is 1. The predicted molar refractivity (Wildman–Crippen MR) is 131 cm³/mol. The molecule has 0 heterocycles. The van der Waals surface area contributed by atoms with Crippen LogP contribution < -0.4 is 4.74 Å². The molecule has 0 bridgehead atoms. The van der Waals surface area contributed by atoms with E-state index < -0.39 is 23.8 Å². The van der Waals surface area contributed by atoms with Crippen molar-refractivity contribution in [3.05, 3.63) is 100 Å². The average molecular weight is 522 g/mol. The number of aliphatic carboxylic acids is 1. The third-order valence-electron chi connectivity index (χ3n) is 5.53. The molecule has 9 heteroatoms. The van der Waals surface area contributed by atoms with Gasteiger partial charge in [-0.25, -0.2) is 0 Å². The van der Waals surface area contributed by atoms with Crippen LogP contribution in [0.1, 0.15) is 34.8 Å². The van der Waals surface area contributed by atoms with Crippen molar-refractivity contribution >= 4 is 17.6 Å². The molecule has 5 nitrogen and oxygen atoms in total. The number of benzene rings is 3. The summed E-state index contributed by atoms with van der Waals surface area (Å²) in [5.41, 5.74) is 0.736. The Balaban J connectivity index is 1.68. The maximum atomic E-state index is 13.3. The van der Waals surface area contributed by atoms with E-state index in [1.165, 1.54) is 6.07 Å². The van der Waals surface area contributed by atoms with E-state index in [1.54, 1.807) is 54.6 Å². The van der Waals surface area contributed by atoms with Crippen LogP contribution in [0.5, 0.6) is 5.75 Å². The Labute approximate surface area is 212 Å². The second-order valence-electron chi connectivity index (χ2n) is 8.36. The van der Waals surface area contributed by atoms with Gasteiger partial charge in [0.25, 0.3) is 0 Å². The number of hydrogen-bond donors (Lipinski definition) is 2. The minimum absolute atomic E-state index is 0.111. The number of alkyl halides is 3. The van der Waals surface area contributed by atoms with E-state index in [2.05, 4.69) is 0 Å². The molecule has 0 radical (unpaired) electrons. The Morgan fingerprint density at radius 2 is 1.75 bits per heavy atom. The number of carbonyl (C=O) groups is 1. The van der Waals surface area contributed by atoms with E-state index in [9.17, 15) is 23.1 Å². The van der Waals surface area contributed by atoms with Gasteiger partial charge >= 0.3 is 12.1 Å². The fraction of sp³-hybridized carbons (Fsp3) is 0.296. The van der Waals surface area contributed by atoms with Crippen molar-refractivity contribution in [3.8, 4) is 5.75 Å². The molecule has 0 aliphatic carbocycles. The molecule has 0 spiro atoms. The van der Waals surface area contributed by atoms with Gasteiger partial charge in [-0.3, -0.25) is 9.69 Å². The van der Waals surface area contributed by atoms with Gasteiger partial charge in [-0.2, -0.15) is 13.2 Å². The lowest BCUT2D eigenvalue weighted by molar-refractivity contribution is -0.138. The van der Waals surface area contributed by atoms with Gasteiger partial charge in [0.1, 0.15) is 5.75 Å². The van der Waals surface area contributed by atoms with Crippen LogP contribution in [0.4, 0.5) is 13.2 Å². The average Bonchev–Trinajstić information content (AvgIpc) is 2.82. The van der Waals surface area contributed by atoms with Crippen molar-refractivity contribution in [2.75, 3.05) is 19.7 Å². The van der Waals surface area contributed by atoms with Gasteiger partial charge in [-0.15, -0.1) is 0 Å². The Kier molecular flexibility index (Phi) is 9.75. The van der Waals surface area contributed by atoms with Crippen LogP contribution in [0.25, 0.3) is 0 Å². The first-order valence-electron chi connectivity index (χ1n) is 11.4. The van der Waals surface area contributed by atoms with Crippen molar-refractivity contribution in [3.63, 3.8) is 0 Å². The first-order chi connectivity index (χ1) is 17.1. The monoisotopic (exact) mass is 521 g/mol. The van der Waals surface area contributed by atoms with Gasteiger partial charge < -0.3 is 14.9 Å². The Morgan fingerprint density at radius 3 is 2.44 bits per heavy atom. The Morgan fingerprint density at radius 1 is 1.03 bits per heavy atom. The van der Waals surface area contributed by atoms with Gasteiger partial charge in [0.05, 0.1) is 29.7 Å². The minimum atomic E-state index is -4.56. The van der Waals surface area contributed by atoms with Crippen LogP contribution in [-0.4, -0.2) is 40.8 Å². The normalized spacial score (nSPS) is 12.5. The maximum absolute atomic E-state index is 13.3. The number of carboxylic acids is 1. The van der Waals surface area contributed by atoms with Gasteiger partial charge in [0.2, 0.25) is 0 Å². The van der Waals surface area contributed by atoms with Crippen LogP contribution in [0.3, 0.4) is 0 Å². The molecule has 0 saturated carbocycles. The molecule has 0 saturated heterocycles. The van der Waals surface area contributed by atoms with E-state index in [0.717, 1.165) is 6.07 Å². The zero-order valence-corrected chi connectivity index (χ0v) is 20.2. The number of carboxylic acid groups (broad SMARTS) is 1. The topological polar surface area (TPSA) is 70.0 Å². The number of rotatable bonds is 12. The zero-order chi connectivity index (χ0) is 26.1. The van der Waals surface area contributed by atoms with Crippen molar-refractivity contribution < 1.29 is 32.9 Å². The highest BCUT2D eigenvalue weighted by Crippen LogP contribution is 2.36. The van der Waals surface area contributed by atoms with Crippen LogP contribution in [0.15, 0.2) is 72.8 Å². The van der Waals surface area contributed by atoms with Crippen molar-refractivity contribution in [1.82, 2.24) is 4.90 Å². The summed E-state index contributed by atoms with van der Waals surface area (Å²) in [7, 11) is 0. The molecule has 1 atom stereocenters. The van der Waals surface area contributed by atoms with Crippen LogP contribution >= 0.6 is 11.6 Å². The fourth-order valence-electron chi connectivity index (χ4n) is 3.82. The smallest absolute Gasteiger partial charge is 0.417 e. The Hall–Kier alpha value is -3.07. The second kappa shape index (κ2) is 12.8. The molecule has 3 aromatic rings. The molecule has 3 aromatic carbocycles. The summed E-state index contributed by atoms with van der Waals surface area (Å²) in [6.45, 7) is 1.02. The SMILES string of the molecule is O=C(O)Cc1cccc(OCCCN(Cc2cccc(C(F)(F)F)c2Cl)CC(O)c2ccccc2)c1. The largest absolute Gasteiger partial charge is 0.494 e. The highest BCUT2D eigenvalue weighted by atomic mass is 35.5. The van der Waals surface area contributed by atoms with E-state index in [-0.39, 0.29) is 24.5 Å². The highest BCUT2D eigenvalue weighted by Gasteiger charge is 2.34. The summed E-state index contributed by atoms with van der Waals surface area (Å²) in [6.07, 6.45) is -5.00. The minimum Gasteiger partial charge on any atom is -0.494 e. The van der Waals surface area contributed by atoms with Gasteiger partial charge in [-0.05, 0) is 41.3 Å². The Bertz CT molecular complexity index is 1140. The number of hydrogen-bond acceptors (Lipinski definition) is 4. The molecule has 0 amide bonds. The lowest BCUT2D eigenvalue weighted by Gasteiger charge is -2.26. The van der Waals surface area contributed by atoms with Gasteiger partial charge in [0, 0.05) is 19.6 Å². The lowest BCUT2D eigenvalue weighted by Crippen LogP contribution is -2.30. The molecular weight excluding hydrogens is 495 g/mol. The van der Waals surface area contributed by atoms with E-state index in [4.69, 9.17) is 21.4 Å². The summed E-state index contributed by atoms with van der Waals surface area (Å²) in [5, 5.41) is 19.3. The summed E-state index contributed by atoms with van der Waals surface area (Å²) >= 11 is 6.11. The molecule has 1 unspecified atom stereocenters. The van der Waals surface area contributed by atoms with E-state index in [0.29, 0.717) is 42.0 Å². The number of aliphatic hydroxyl groups is 1. The first-order valence-corrected chi connectivity index (χ1v) is 11.7. The number of nitrogens with zero attached hydrogens (tertiary/aromatic N) is 1. The standard InChI is InChI=1S/C27H27ClF3NO4/c28-26-21(10-5-12-23(26)27(29,30)31)17-32(18-24(33)20-8-2-1-3-9-20)13-6-14-36-22-11-4-7-19(15-22)16-25(34)35/h1-5,7-12,15,24,33H,6,13-14,16-18H2,(H,34,35). The molecule has 0 aliphatic rings. The summed E-state index contributed by atoms with van der Waals surface area (Å²) in [6, 6.07) is 19.6. The third kappa shape index (κ3) is 8.26. The molecular formula is C27H27ClF3NO4. The molecule has 36 heavy (non-hydrogen) atoms. The number of halogens is 4. The first kappa shape index (κ1) is 27.5. The molecule has 0 fully saturated rings. The number of ether oxygens (including phenoxy) is 1. The molecule has 0 aliphatic heterocycles. The van der Waals surface area contributed by atoms with Crippen molar-refractivity contribution in [1.29, 1.82) is 0 Å². The van der Waals surface area contributed by atoms with Crippen molar-refractivity contribution in [2.45, 2.75) is 31.7 Å². The lowest BCUT2D eigenvalue weighted by atomic mass is 10.1. The van der Waals surface area contributed by atoms with Crippen LogP contribution in [0.2, 0.25) is 5.02 Å². The molecule has 2 N–H and O–H groups in total. The summed E-state index contributed by atoms with van der Waals surface area (Å²) in [5.74, 6) is -0.404. The maximum Gasteiger partial charge on any atom is 0.417 e. The summed E-state index contributed by atoms with van der Waals surface area (Å²) < 4.78 is 45.7. The van der Waals surface area contributed by atoms with E-state index >= 15 is 0 Å². The predicted octanol–water partition coefficient (Wildman–Crippen LogP) is 5.99. The van der Waals surface area contributed by atoms with Crippen LogP contribution in [-0.2, 0) is 23.9 Å². The second-order valence-corrected chi connectivity index (χ2v) is 8.74. The summed E-state index contributed by atoms with van der Waals surface area (Å²) in [4.78, 5) is 12.8. The molecule has 0 aromatic heterocycles. The zero-order valence-electron chi connectivity index (χ0n) is 19.4. The van der Waals surface area contributed by atoms with Gasteiger partial charge in [-0.1, -0.05) is 66.2 Å². The molecule has 192 valence electrons. The van der Waals surface area contributed by atoms with Crippen LogP contribution in [0, 0.1) is 0 Å². The quantitative estimate of drug-likeness (QED) is 0.286. The third-order valence-corrected chi connectivity index (χ3v) is 5.98. The highest BCUT2D eigenvalue weighted by molar-refractivity contribution is 6.32. The van der Waals surface area contributed by atoms with Gasteiger partial charge in [0.15, 0.2) is 0 Å². The fourth-order valence-corrected chi connectivity index (χ4v) is 4.11. The van der Waals surface area contributed by atoms with E-state index in [1.807, 2.05) is 11.0 Å². The van der Waals surface area contributed by atoms with Crippen molar-refractivity contribution in [2.24, 2.45) is 0 Å².